The number of alkyl halides is 2. The minimum atomic E-state index is -2.73. The molecule has 0 radical (unpaired) electrons. The van der Waals surface area contributed by atoms with Crippen LogP contribution in [0.2, 0.25) is 0 Å². The zero-order chi connectivity index (χ0) is 20.5. The van der Waals surface area contributed by atoms with Crippen LogP contribution in [-0.4, -0.2) is 28.5 Å². The summed E-state index contributed by atoms with van der Waals surface area (Å²) < 4.78 is 35.4. The smallest absolute Gasteiger partial charge is 0.338 e. The Morgan fingerprint density at radius 2 is 1.90 bits per heavy atom. The highest BCUT2D eigenvalue weighted by atomic mass is 19.3. The highest BCUT2D eigenvalue weighted by Crippen LogP contribution is 2.81. The predicted molar refractivity (Wildman–Crippen MR) is 107 cm³/mol. The molecule has 6 heteroatoms. The van der Waals surface area contributed by atoms with Crippen molar-refractivity contribution in [2.45, 2.75) is 25.2 Å². The normalized spacial score (nSPS) is 30.3. The fraction of sp³-hybridized carbons (Fsp3) is 0.375. The summed E-state index contributed by atoms with van der Waals surface area (Å²) in [6.07, 6.45) is 5.31. The summed E-state index contributed by atoms with van der Waals surface area (Å²) in [5.74, 6) is -3.86. The first-order valence-electron chi connectivity index (χ1n) is 10.4. The van der Waals surface area contributed by atoms with Crippen molar-refractivity contribution in [2.75, 3.05) is 6.61 Å². The molecular weight excluding hydrogens is 386 g/mol. The molecule has 0 aliphatic heterocycles. The van der Waals surface area contributed by atoms with Crippen LogP contribution in [0.15, 0.2) is 54.9 Å². The van der Waals surface area contributed by atoms with E-state index in [-0.39, 0.29) is 18.4 Å². The molecule has 152 valence electrons. The molecule has 4 bridgehead atoms. The van der Waals surface area contributed by atoms with Gasteiger partial charge in [0, 0.05) is 29.3 Å². The Morgan fingerprint density at radius 3 is 2.63 bits per heavy atom. The number of aromatic nitrogens is 2. The lowest BCUT2D eigenvalue weighted by atomic mass is 9.78. The maximum absolute atomic E-state index is 14.9. The molecule has 4 aliphatic rings. The van der Waals surface area contributed by atoms with Crippen molar-refractivity contribution in [3.8, 4) is 11.3 Å². The molecular formula is C24H20F2N2O2. The number of hydrogen-bond donors (Lipinski definition) is 0. The highest BCUT2D eigenvalue weighted by molar-refractivity contribution is 6.04. The molecule has 1 aromatic carbocycles. The van der Waals surface area contributed by atoms with E-state index in [1.54, 1.807) is 24.5 Å². The van der Waals surface area contributed by atoms with Crippen LogP contribution in [0.3, 0.4) is 0 Å². The molecule has 0 spiro atoms. The summed E-state index contributed by atoms with van der Waals surface area (Å²) in [6.45, 7) is -0.202. The van der Waals surface area contributed by atoms with E-state index in [1.807, 2.05) is 30.3 Å². The van der Waals surface area contributed by atoms with Gasteiger partial charge >= 0.3 is 5.97 Å². The third kappa shape index (κ3) is 2.27. The number of pyridine rings is 2. The predicted octanol–water partition coefficient (Wildman–Crippen LogP) is 5.14. The van der Waals surface area contributed by atoms with Crippen LogP contribution >= 0.6 is 0 Å². The summed E-state index contributed by atoms with van der Waals surface area (Å²) in [4.78, 5) is 21.7. The fourth-order valence-electron chi connectivity index (χ4n) is 6.03. The Kier molecular flexibility index (Phi) is 3.62. The van der Waals surface area contributed by atoms with Gasteiger partial charge in [-0.3, -0.25) is 4.98 Å². The number of hydrogen-bond acceptors (Lipinski definition) is 4. The number of rotatable bonds is 4. The number of fused-ring (bicyclic) bond motifs is 2. The van der Waals surface area contributed by atoms with E-state index in [0.717, 1.165) is 12.0 Å². The summed E-state index contributed by atoms with van der Waals surface area (Å²) in [5, 5.41) is 0.657. The second kappa shape index (κ2) is 6.06. The van der Waals surface area contributed by atoms with Gasteiger partial charge in [-0.25, -0.2) is 18.6 Å². The average Bonchev–Trinajstić information content (AvgIpc) is 3.40. The molecule has 30 heavy (non-hydrogen) atoms. The topological polar surface area (TPSA) is 52.1 Å². The van der Waals surface area contributed by atoms with Crippen LogP contribution in [-0.2, 0) is 4.74 Å². The van der Waals surface area contributed by atoms with Crippen molar-refractivity contribution >= 4 is 16.9 Å². The quantitative estimate of drug-likeness (QED) is 0.564. The highest BCUT2D eigenvalue weighted by Gasteiger charge is 2.85. The van der Waals surface area contributed by atoms with Crippen molar-refractivity contribution in [3.63, 3.8) is 0 Å². The number of halogens is 2. The van der Waals surface area contributed by atoms with E-state index in [9.17, 15) is 13.6 Å². The Bertz CT molecular complexity index is 1160. The Morgan fingerprint density at radius 1 is 1.10 bits per heavy atom. The van der Waals surface area contributed by atoms with Gasteiger partial charge in [-0.05, 0) is 55.4 Å². The maximum Gasteiger partial charge on any atom is 0.338 e. The third-order valence-electron chi connectivity index (χ3n) is 7.55. The molecule has 2 heterocycles. The standard InChI is InChI=1S/C24H20F2N2O2/c25-24(26)15-5-6-18-19(11-15)23(18,24)13-30-22(29)17-12-21(14-7-9-27-10-8-14)28-20-4-2-1-3-16(17)20/h1-4,7-10,12,15,18-19H,5-6,11,13H2. The minimum Gasteiger partial charge on any atom is -0.461 e. The Balaban J connectivity index is 1.34. The van der Waals surface area contributed by atoms with Gasteiger partial charge in [0.25, 0.3) is 5.92 Å². The molecule has 3 aromatic rings. The number of benzene rings is 1. The molecule has 4 aliphatic carbocycles. The van der Waals surface area contributed by atoms with Gasteiger partial charge in [0.15, 0.2) is 0 Å². The van der Waals surface area contributed by atoms with Gasteiger partial charge < -0.3 is 4.74 Å². The van der Waals surface area contributed by atoms with Crippen LogP contribution < -0.4 is 0 Å². The lowest BCUT2D eigenvalue weighted by Gasteiger charge is -2.35. The first-order valence-corrected chi connectivity index (χ1v) is 10.4. The molecule has 4 unspecified atom stereocenters. The van der Waals surface area contributed by atoms with E-state index >= 15 is 0 Å². The summed E-state index contributed by atoms with van der Waals surface area (Å²) in [5.41, 5.74) is 1.32. The zero-order valence-corrected chi connectivity index (χ0v) is 16.2. The number of carbonyl (C=O) groups is 1. The number of para-hydroxylation sites is 1. The van der Waals surface area contributed by atoms with Crippen molar-refractivity contribution < 1.29 is 18.3 Å². The molecule has 7 rings (SSSR count). The first kappa shape index (κ1) is 17.9. The lowest BCUT2D eigenvalue weighted by Crippen LogP contribution is -2.42. The first-order chi connectivity index (χ1) is 14.5. The van der Waals surface area contributed by atoms with E-state index in [0.29, 0.717) is 35.0 Å². The van der Waals surface area contributed by atoms with Crippen molar-refractivity contribution in [2.24, 2.45) is 23.2 Å². The van der Waals surface area contributed by atoms with Crippen LogP contribution in [0.5, 0.6) is 0 Å². The molecule has 0 amide bonds. The Labute approximate surface area is 172 Å². The number of carbonyl (C=O) groups excluding carboxylic acids is 1. The average molecular weight is 406 g/mol. The molecule has 0 N–H and O–H groups in total. The monoisotopic (exact) mass is 406 g/mol. The van der Waals surface area contributed by atoms with Gasteiger partial charge in [0.1, 0.15) is 6.61 Å². The van der Waals surface area contributed by atoms with Crippen molar-refractivity contribution in [1.82, 2.24) is 9.97 Å². The van der Waals surface area contributed by atoms with Crippen molar-refractivity contribution in [3.05, 3.63) is 60.4 Å². The zero-order valence-electron chi connectivity index (χ0n) is 16.2. The molecule has 4 saturated carbocycles. The van der Waals surface area contributed by atoms with Gasteiger partial charge in [0.2, 0.25) is 0 Å². The maximum atomic E-state index is 14.9. The van der Waals surface area contributed by atoms with E-state index in [2.05, 4.69) is 9.97 Å². The van der Waals surface area contributed by atoms with Gasteiger partial charge in [-0.15, -0.1) is 0 Å². The summed E-state index contributed by atoms with van der Waals surface area (Å²) >= 11 is 0. The summed E-state index contributed by atoms with van der Waals surface area (Å²) in [7, 11) is 0. The van der Waals surface area contributed by atoms with Crippen LogP contribution in [0.25, 0.3) is 22.2 Å². The Hall–Kier alpha value is -2.89. The minimum absolute atomic E-state index is 0.000568. The molecule has 4 fully saturated rings. The molecule has 4 atom stereocenters. The van der Waals surface area contributed by atoms with Gasteiger partial charge in [0.05, 0.1) is 22.2 Å². The number of esters is 1. The molecule has 4 nitrogen and oxygen atoms in total. The van der Waals surface area contributed by atoms with Gasteiger partial charge in [-0.2, -0.15) is 0 Å². The van der Waals surface area contributed by atoms with E-state index in [1.165, 1.54) is 0 Å². The lowest BCUT2D eigenvalue weighted by molar-refractivity contribution is -0.142. The second-order valence-electron chi connectivity index (χ2n) is 8.77. The fourth-order valence-corrected chi connectivity index (χ4v) is 6.03. The number of ether oxygens (including phenoxy) is 1. The SMILES string of the molecule is O=C(OCC12C3CCC(CC31)C2(F)F)c1cc(-c2ccncc2)nc2ccccc12. The summed E-state index contributed by atoms with van der Waals surface area (Å²) in [6, 6.07) is 12.6. The molecule has 2 aromatic heterocycles. The largest absolute Gasteiger partial charge is 0.461 e. The molecule has 0 saturated heterocycles. The van der Waals surface area contributed by atoms with Gasteiger partial charge in [-0.1, -0.05) is 18.2 Å². The number of nitrogens with zero attached hydrogens (tertiary/aromatic N) is 2. The second-order valence-corrected chi connectivity index (χ2v) is 8.77. The van der Waals surface area contributed by atoms with E-state index < -0.39 is 23.2 Å². The van der Waals surface area contributed by atoms with Crippen LogP contribution in [0, 0.1) is 23.2 Å². The van der Waals surface area contributed by atoms with Crippen molar-refractivity contribution in [1.29, 1.82) is 0 Å². The van der Waals surface area contributed by atoms with Crippen LogP contribution in [0.1, 0.15) is 29.6 Å². The van der Waals surface area contributed by atoms with Crippen LogP contribution in [0.4, 0.5) is 8.78 Å². The third-order valence-corrected chi connectivity index (χ3v) is 7.55. The van der Waals surface area contributed by atoms with E-state index in [4.69, 9.17) is 4.74 Å².